The number of carbonyl (C=O) groups excluding carboxylic acids is 1. The molecule has 160 valence electrons. The lowest BCUT2D eigenvalue weighted by molar-refractivity contribution is 0.0982. The summed E-state index contributed by atoms with van der Waals surface area (Å²) in [5.74, 6) is 0.360. The topological polar surface area (TPSA) is 84.8 Å². The lowest BCUT2D eigenvalue weighted by Crippen LogP contribution is -2.33. The van der Waals surface area contributed by atoms with Gasteiger partial charge in [0.05, 0.1) is 11.7 Å². The van der Waals surface area contributed by atoms with Crippen molar-refractivity contribution in [1.29, 1.82) is 0 Å². The number of hydrogen-bond acceptors (Lipinski definition) is 4. The van der Waals surface area contributed by atoms with Gasteiger partial charge in [-0.25, -0.2) is 9.78 Å². The number of amides is 1. The van der Waals surface area contributed by atoms with Gasteiger partial charge < -0.3 is 15.0 Å². The van der Waals surface area contributed by atoms with Gasteiger partial charge in [0, 0.05) is 35.8 Å². The largest absolute Gasteiger partial charge is 0.446 e. The van der Waals surface area contributed by atoms with Gasteiger partial charge in [-0.3, -0.25) is 4.68 Å². The first-order chi connectivity index (χ1) is 15.0. The van der Waals surface area contributed by atoms with Crippen molar-refractivity contribution in [2.24, 2.45) is 7.05 Å². The van der Waals surface area contributed by atoms with Gasteiger partial charge in [-0.15, -0.1) is 0 Å². The summed E-state index contributed by atoms with van der Waals surface area (Å²) in [6.07, 6.45) is 6.21. The molecule has 7 nitrogen and oxygen atoms in total. The zero-order valence-corrected chi connectivity index (χ0v) is 18.1. The third-order valence-electron chi connectivity index (χ3n) is 6.08. The molecule has 1 saturated carbocycles. The Bertz CT molecular complexity index is 1260. The van der Waals surface area contributed by atoms with Gasteiger partial charge in [-0.2, -0.15) is 5.10 Å². The Morgan fingerprint density at radius 1 is 1.19 bits per heavy atom. The van der Waals surface area contributed by atoms with Crippen LogP contribution in [-0.4, -0.2) is 38.0 Å². The molecule has 2 atom stereocenters. The van der Waals surface area contributed by atoms with E-state index in [2.05, 4.69) is 50.7 Å². The highest BCUT2D eigenvalue weighted by Crippen LogP contribution is 2.37. The molecule has 1 fully saturated rings. The fourth-order valence-electron chi connectivity index (χ4n) is 4.51. The molecule has 0 bridgehead atoms. The van der Waals surface area contributed by atoms with Crippen LogP contribution in [0.25, 0.3) is 33.2 Å². The van der Waals surface area contributed by atoms with E-state index in [9.17, 15) is 4.79 Å². The van der Waals surface area contributed by atoms with Gasteiger partial charge in [0.25, 0.3) is 0 Å². The predicted octanol–water partition coefficient (Wildman–Crippen LogP) is 4.89. The Morgan fingerprint density at radius 3 is 2.90 bits per heavy atom. The van der Waals surface area contributed by atoms with Crippen molar-refractivity contribution >= 4 is 28.0 Å². The molecule has 1 aromatic carbocycles. The minimum absolute atomic E-state index is 0.0348. The summed E-state index contributed by atoms with van der Waals surface area (Å²) in [5, 5.41) is 9.34. The molecule has 1 aliphatic rings. The van der Waals surface area contributed by atoms with Crippen molar-refractivity contribution in [2.45, 2.75) is 51.2 Å². The van der Waals surface area contributed by atoms with Gasteiger partial charge >= 0.3 is 6.09 Å². The third kappa shape index (κ3) is 3.87. The van der Waals surface area contributed by atoms with E-state index in [-0.39, 0.29) is 18.2 Å². The van der Waals surface area contributed by atoms with Gasteiger partial charge in [-0.1, -0.05) is 6.07 Å². The first kappa shape index (κ1) is 19.6. The van der Waals surface area contributed by atoms with Crippen LogP contribution < -0.4 is 5.32 Å². The van der Waals surface area contributed by atoms with E-state index in [1.54, 1.807) is 0 Å². The van der Waals surface area contributed by atoms with E-state index in [0.717, 1.165) is 52.5 Å². The molecule has 3 aromatic heterocycles. The number of ether oxygens (including phenoxy) is 1. The van der Waals surface area contributed by atoms with Crippen LogP contribution >= 0.6 is 0 Å². The van der Waals surface area contributed by atoms with Gasteiger partial charge in [0.2, 0.25) is 0 Å². The number of nitrogens with zero attached hydrogens (tertiary/aromatic N) is 3. The number of pyridine rings is 1. The highest BCUT2D eigenvalue weighted by Gasteiger charge is 2.29. The van der Waals surface area contributed by atoms with E-state index < -0.39 is 0 Å². The van der Waals surface area contributed by atoms with Crippen LogP contribution in [0.15, 0.2) is 42.7 Å². The summed E-state index contributed by atoms with van der Waals surface area (Å²) in [5.41, 5.74) is 5.36. The number of carbonyl (C=O) groups is 1. The molecular weight excluding hydrogens is 390 g/mol. The van der Waals surface area contributed by atoms with Crippen LogP contribution in [-0.2, 0) is 11.8 Å². The molecule has 0 unspecified atom stereocenters. The van der Waals surface area contributed by atoms with Crippen molar-refractivity contribution in [3.63, 3.8) is 0 Å². The van der Waals surface area contributed by atoms with E-state index in [1.165, 1.54) is 5.56 Å². The summed E-state index contributed by atoms with van der Waals surface area (Å²) < 4.78 is 7.45. The van der Waals surface area contributed by atoms with Crippen molar-refractivity contribution < 1.29 is 9.53 Å². The van der Waals surface area contributed by atoms with E-state index in [0.29, 0.717) is 5.92 Å². The molecule has 1 amide bonds. The average Bonchev–Trinajstić information content (AvgIpc) is 3.45. The Kier molecular flexibility index (Phi) is 4.88. The minimum atomic E-state index is -0.324. The molecule has 0 saturated heterocycles. The summed E-state index contributed by atoms with van der Waals surface area (Å²) in [7, 11) is 1.95. The van der Waals surface area contributed by atoms with Crippen LogP contribution in [0.5, 0.6) is 0 Å². The lowest BCUT2D eigenvalue weighted by Gasteiger charge is -2.15. The van der Waals surface area contributed by atoms with Crippen molar-refractivity contribution in [1.82, 2.24) is 25.1 Å². The maximum absolute atomic E-state index is 11.9. The standard InChI is InChI=1S/C24H27N5O2/c1-14(2)27-24(30)31-20-6-4-15(10-20)18-9-17-11-21(28-23(17)25-12-18)16-5-7-22-19(8-16)13-26-29(22)3/h5,7-9,11-15,20H,4,6,10H2,1-3H3,(H,25,28)(H,27,30)/t15-,20+/m0/s1. The highest BCUT2D eigenvalue weighted by molar-refractivity contribution is 5.88. The normalized spacial score (nSPS) is 18.8. The number of fused-ring (bicyclic) bond motifs is 2. The van der Waals surface area contributed by atoms with Crippen LogP contribution in [0.3, 0.4) is 0 Å². The molecule has 0 radical (unpaired) electrons. The van der Waals surface area contributed by atoms with Gasteiger partial charge in [0.15, 0.2) is 0 Å². The zero-order valence-electron chi connectivity index (χ0n) is 18.1. The van der Waals surface area contributed by atoms with Crippen LogP contribution in [0, 0.1) is 0 Å². The molecule has 31 heavy (non-hydrogen) atoms. The maximum Gasteiger partial charge on any atom is 0.407 e. The summed E-state index contributed by atoms with van der Waals surface area (Å²) >= 11 is 0. The zero-order chi connectivity index (χ0) is 21.5. The third-order valence-corrected chi connectivity index (χ3v) is 6.08. The van der Waals surface area contributed by atoms with E-state index in [4.69, 9.17) is 4.74 Å². The molecule has 2 N–H and O–H groups in total. The number of alkyl carbamates (subject to hydrolysis) is 1. The molecule has 5 rings (SSSR count). The molecule has 3 heterocycles. The second-order valence-electron chi connectivity index (χ2n) is 8.77. The number of aromatic nitrogens is 4. The van der Waals surface area contributed by atoms with E-state index >= 15 is 0 Å². The number of rotatable bonds is 4. The van der Waals surface area contributed by atoms with Crippen LogP contribution in [0.4, 0.5) is 4.79 Å². The van der Waals surface area contributed by atoms with Crippen molar-refractivity contribution in [3.8, 4) is 11.3 Å². The van der Waals surface area contributed by atoms with Crippen LogP contribution in [0.1, 0.15) is 44.6 Å². The molecular formula is C24H27N5O2. The first-order valence-corrected chi connectivity index (χ1v) is 10.8. The monoisotopic (exact) mass is 417 g/mol. The fraction of sp³-hybridized carbons (Fsp3) is 0.375. The Hall–Kier alpha value is -3.35. The van der Waals surface area contributed by atoms with Crippen molar-refractivity contribution in [3.05, 3.63) is 48.3 Å². The predicted molar refractivity (Wildman–Crippen MR) is 121 cm³/mol. The Morgan fingerprint density at radius 2 is 2.06 bits per heavy atom. The van der Waals surface area contributed by atoms with Crippen molar-refractivity contribution in [2.75, 3.05) is 0 Å². The number of H-pyrrole nitrogens is 1. The van der Waals surface area contributed by atoms with E-state index in [1.807, 2.05) is 38.0 Å². The number of nitrogens with one attached hydrogen (secondary N) is 2. The number of aryl methyl sites for hydroxylation is 1. The molecule has 7 heteroatoms. The summed E-state index contributed by atoms with van der Waals surface area (Å²) in [6, 6.07) is 10.8. The number of benzene rings is 1. The Balaban J connectivity index is 1.34. The molecule has 0 spiro atoms. The smallest absolute Gasteiger partial charge is 0.407 e. The molecule has 4 aromatic rings. The molecule has 0 aliphatic heterocycles. The van der Waals surface area contributed by atoms with Gasteiger partial charge in [0.1, 0.15) is 11.8 Å². The highest BCUT2D eigenvalue weighted by atomic mass is 16.6. The summed E-state index contributed by atoms with van der Waals surface area (Å²) in [4.78, 5) is 20.0. The Labute approximate surface area is 180 Å². The quantitative estimate of drug-likeness (QED) is 0.495. The first-order valence-electron chi connectivity index (χ1n) is 10.8. The second kappa shape index (κ2) is 7.72. The SMILES string of the molecule is CC(C)NC(=O)O[C@@H]1CC[C@H](c2cnc3[nH]c(-c4ccc5c(cnn5C)c4)cc3c2)C1. The fourth-order valence-corrected chi connectivity index (χ4v) is 4.51. The number of aromatic amines is 1. The average molecular weight is 418 g/mol. The minimum Gasteiger partial charge on any atom is -0.446 e. The molecule has 1 aliphatic carbocycles. The maximum atomic E-state index is 11.9. The van der Waals surface area contributed by atoms with Crippen LogP contribution in [0.2, 0.25) is 0 Å². The lowest BCUT2D eigenvalue weighted by atomic mass is 9.98. The van der Waals surface area contributed by atoms with Gasteiger partial charge in [-0.05, 0) is 74.4 Å². The second-order valence-corrected chi connectivity index (χ2v) is 8.77. The summed E-state index contributed by atoms with van der Waals surface area (Å²) in [6.45, 7) is 3.86. The number of hydrogen-bond donors (Lipinski definition) is 2.